The normalized spacial score (nSPS) is 13.3. The Bertz CT molecular complexity index is 638. The van der Waals surface area contributed by atoms with E-state index < -0.39 is 6.03 Å². The van der Waals surface area contributed by atoms with Crippen molar-refractivity contribution in [3.05, 3.63) is 34.2 Å². The molecule has 1 saturated heterocycles. The van der Waals surface area contributed by atoms with E-state index in [2.05, 4.69) is 19.2 Å². The van der Waals surface area contributed by atoms with Gasteiger partial charge in [0.1, 0.15) is 0 Å². The lowest BCUT2D eigenvalue weighted by Gasteiger charge is -2.26. The number of nitrogens with one attached hydrogen (secondary N) is 1. The summed E-state index contributed by atoms with van der Waals surface area (Å²) in [4.78, 5) is 37.0. The second kappa shape index (κ2) is 14.9. The molecule has 1 aromatic heterocycles. The van der Waals surface area contributed by atoms with Gasteiger partial charge in [0.05, 0.1) is 6.54 Å². The van der Waals surface area contributed by atoms with Gasteiger partial charge >= 0.3 is 6.03 Å². The molecule has 0 bridgehead atoms. The van der Waals surface area contributed by atoms with Crippen molar-refractivity contribution >= 4 is 11.9 Å². The minimum atomic E-state index is -0.422. The molecule has 3 amide bonds. The number of unbranched alkanes of at least 4 members (excludes halogenated alkanes) is 2. The van der Waals surface area contributed by atoms with Gasteiger partial charge in [0.15, 0.2) is 0 Å². The summed E-state index contributed by atoms with van der Waals surface area (Å²) in [5.74, 6) is 0.460. The minimum Gasteiger partial charge on any atom is -0.319 e. The van der Waals surface area contributed by atoms with Crippen LogP contribution in [0.25, 0.3) is 0 Å². The van der Waals surface area contributed by atoms with Crippen molar-refractivity contribution in [3.63, 3.8) is 0 Å². The molecule has 0 saturated carbocycles. The molecule has 0 aromatic carbocycles. The van der Waals surface area contributed by atoms with Crippen molar-refractivity contribution in [3.8, 4) is 0 Å². The van der Waals surface area contributed by atoms with Crippen LogP contribution in [0.15, 0.2) is 23.1 Å². The minimum absolute atomic E-state index is 0.0499. The van der Waals surface area contributed by atoms with Crippen LogP contribution in [0.3, 0.4) is 0 Å². The summed E-state index contributed by atoms with van der Waals surface area (Å²) in [5.41, 5.74) is 0.537. The van der Waals surface area contributed by atoms with Crippen molar-refractivity contribution < 1.29 is 9.59 Å². The first-order valence-corrected chi connectivity index (χ1v) is 10.7. The Labute approximate surface area is 170 Å². The number of pyridine rings is 1. The zero-order valence-electron chi connectivity index (χ0n) is 18.6. The quantitative estimate of drug-likeness (QED) is 0.658. The maximum absolute atomic E-state index is 12.5. The van der Waals surface area contributed by atoms with Crippen molar-refractivity contribution in [2.45, 2.75) is 86.7 Å². The number of hydrogen-bond donors (Lipinski definition) is 1. The number of aromatic nitrogens is 1. The van der Waals surface area contributed by atoms with Gasteiger partial charge in [-0.1, -0.05) is 66.9 Å². The smallest absolute Gasteiger partial charge is 0.319 e. The third-order valence-corrected chi connectivity index (χ3v) is 4.28. The Morgan fingerprint density at radius 3 is 2.32 bits per heavy atom. The highest BCUT2D eigenvalue weighted by Gasteiger charge is 2.23. The van der Waals surface area contributed by atoms with Gasteiger partial charge in [0.2, 0.25) is 5.91 Å². The van der Waals surface area contributed by atoms with E-state index in [-0.39, 0.29) is 24.4 Å². The van der Waals surface area contributed by atoms with Crippen molar-refractivity contribution in [1.29, 1.82) is 0 Å². The number of hydrogen-bond acceptors (Lipinski definition) is 3. The van der Waals surface area contributed by atoms with Gasteiger partial charge in [-0.3, -0.25) is 14.9 Å². The molecule has 6 nitrogen and oxygen atoms in total. The molecule has 1 fully saturated rings. The van der Waals surface area contributed by atoms with E-state index in [1.165, 1.54) is 17.7 Å². The molecule has 1 aliphatic heterocycles. The first-order chi connectivity index (χ1) is 13.5. The summed E-state index contributed by atoms with van der Waals surface area (Å²) in [7, 11) is 0. The maximum atomic E-state index is 12.5. The molecule has 1 aliphatic rings. The Morgan fingerprint density at radius 2 is 1.71 bits per heavy atom. The second-order valence-electron chi connectivity index (χ2n) is 6.80. The zero-order valence-corrected chi connectivity index (χ0v) is 18.6. The molecule has 2 heterocycles. The molecule has 6 heteroatoms. The molecule has 0 atom stereocenters. The number of carbonyl (C=O) groups is 2. The lowest BCUT2D eigenvalue weighted by Crippen LogP contribution is -2.49. The molecule has 2 rings (SSSR count). The van der Waals surface area contributed by atoms with E-state index in [9.17, 15) is 14.4 Å². The van der Waals surface area contributed by atoms with E-state index in [1.54, 1.807) is 16.8 Å². The molecule has 1 N–H and O–H groups in total. The van der Waals surface area contributed by atoms with Crippen LogP contribution in [0.5, 0.6) is 0 Å². The first kappa shape index (κ1) is 25.9. The fourth-order valence-corrected chi connectivity index (χ4v) is 2.85. The standard InChI is InChI=1S/C18H27N3O3.2C2H6/c1-14(2)7-4-3-5-10-20-11-6-8-15(17(20)23)13-21-12-9-16(22)19-18(21)24;2*1-2/h6,8,11,14H,3-5,7,9-10,12-13H2,1-2H3,(H,19,22,24);2*1-2H3. The third-order valence-electron chi connectivity index (χ3n) is 4.28. The summed E-state index contributed by atoms with van der Waals surface area (Å²) in [6.45, 7) is 13.7. The Kier molecular flexibility index (Phi) is 13.8. The number of carbonyl (C=O) groups excluding carboxylic acids is 2. The van der Waals surface area contributed by atoms with E-state index in [0.717, 1.165) is 18.8 Å². The van der Waals surface area contributed by atoms with Crippen LogP contribution >= 0.6 is 0 Å². The Hall–Kier alpha value is -2.11. The molecule has 0 aliphatic carbocycles. The second-order valence-corrected chi connectivity index (χ2v) is 6.80. The van der Waals surface area contributed by atoms with Gasteiger partial charge in [-0.2, -0.15) is 0 Å². The Morgan fingerprint density at radius 1 is 1.04 bits per heavy atom. The summed E-state index contributed by atoms with van der Waals surface area (Å²) < 4.78 is 1.72. The van der Waals surface area contributed by atoms with Gasteiger partial charge in [0.25, 0.3) is 5.56 Å². The van der Waals surface area contributed by atoms with Crippen LogP contribution in [0, 0.1) is 5.92 Å². The summed E-state index contributed by atoms with van der Waals surface area (Å²) in [5, 5.41) is 2.28. The molecule has 1 aromatic rings. The number of aryl methyl sites for hydroxylation is 1. The van der Waals surface area contributed by atoms with Gasteiger partial charge in [-0.05, 0) is 18.4 Å². The van der Waals surface area contributed by atoms with E-state index in [4.69, 9.17) is 0 Å². The fraction of sp³-hybridized carbons (Fsp3) is 0.682. The third kappa shape index (κ3) is 9.20. The van der Waals surface area contributed by atoms with Crippen LogP contribution < -0.4 is 10.9 Å². The van der Waals surface area contributed by atoms with Gasteiger partial charge in [-0.15, -0.1) is 0 Å². The summed E-state index contributed by atoms with van der Waals surface area (Å²) in [6.07, 6.45) is 6.59. The van der Waals surface area contributed by atoms with Crippen molar-refractivity contribution in [2.24, 2.45) is 5.92 Å². The fourth-order valence-electron chi connectivity index (χ4n) is 2.85. The van der Waals surface area contributed by atoms with Crippen LogP contribution in [0.2, 0.25) is 0 Å². The lowest BCUT2D eigenvalue weighted by atomic mass is 10.1. The highest BCUT2D eigenvalue weighted by molar-refractivity contribution is 5.96. The number of rotatable bonds is 8. The lowest BCUT2D eigenvalue weighted by molar-refractivity contribution is -0.121. The van der Waals surface area contributed by atoms with E-state index >= 15 is 0 Å². The molecule has 28 heavy (non-hydrogen) atoms. The van der Waals surface area contributed by atoms with Crippen LogP contribution in [-0.4, -0.2) is 28.0 Å². The van der Waals surface area contributed by atoms with Crippen molar-refractivity contribution in [2.75, 3.05) is 6.54 Å². The number of urea groups is 1. The summed E-state index contributed by atoms with van der Waals surface area (Å²) in [6, 6.07) is 3.17. The molecule has 0 radical (unpaired) electrons. The number of imide groups is 1. The number of nitrogens with zero attached hydrogens (tertiary/aromatic N) is 2. The van der Waals surface area contributed by atoms with E-state index in [0.29, 0.717) is 18.7 Å². The monoisotopic (exact) mass is 393 g/mol. The highest BCUT2D eigenvalue weighted by atomic mass is 16.2. The van der Waals surface area contributed by atoms with Crippen LogP contribution in [0.1, 0.15) is 79.2 Å². The maximum Gasteiger partial charge on any atom is 0.324 e. The topological polar surface area (TPSA) is 71.4 Å². The molecule has 0 unspecified atom stereocenters. The van der Waals surface area contributed by atoms with Crippen molar-refractivity contribution in [1.82, 2.24) is 14.8 Å². The predicted octanol–water partition coefficient (Wildman–Crippen LogP) is 4.56. The first-order valence-electron chi connectivity index (χ1n) is 10.7. The van der Waals surface area contributed by atoms with Crippen LogP contribution in [0.4, 0.5) is 4.79 Å². The van der Waals surface area contributed by atoms with Gasteiger partial charge in [0, 0.05) is 31.3 Å². The summed E-state index contributed by atoms with van der Waals surface area (Å²) >= 11 is 0. The number of amides is 3. The predicted molar refractivity (Wildman–Crippen MR) is 115 cm³/mol. The molecular formula is C22H39N3O3. The SMILES string of the molecule is CC.CC.CC(C)CCCCCn1cccc(CN2CCC(=O)NC2=O)c1=O. The van der Waals surface area contributed by atoms with Gasteiger partial charge < -0.3 is 9.47 Å². The molecule has 160 valence electrons. The average Bonchev–Trinajstić information content (AvgIpc) is 2.69. The zero-order chi connectivity index (χ0) is 21.5. The average molecular weight is 394 g/mol. The molecule has 0 spiro atoms. The highest BCUT2D eigenvalue weighted by Crippen LogP contribution is 2.09. The molecular weight excluding hydrogens is 354 g/mol. The van der Waals surface area contributed by atoms with Crippen LogP contribution in [-0.2, 0) is 17.9 Å². The Balaban J connectivity index is 0.00000171. The largest absolute Gasteiger partial charge is 0.324 e. The van der Waals surface area contributed by atoms with E-state index in [1.807, 2.05) is 33.8 Å². The van der Waals surface area contributed by atoms with Gasteiger partial charge in [-0.25, -0.2) is 4.79 Å².